The van der Waals surface area contributed by atoms with Crippen LogP contribution in [0.15, 0.2) is 78.2 Å². The summed E-state index contributed by atoms with van der Waals surface area (Å²) in [7, 11) is 0. The molecule has 1 atom stereocenters. The van der Waals surface area contributed by atoms with Crippen LogP contribution in [-0.4, -0.2) is 10.9 Å². The zero-order valence-electron chi connectivity index (χ0n) is 15.5. The van der Waals surface area contributed by atoms with Gasteiger partial charge in [-0.25, -0.2) is 4.98 Å². The molecular formula is C23H20N2O2S. The lowest BCUT2D eigenvalue weighted by Crippen LogP contribution is -2.26. The van der Waals surface area contributed by atoms with Crippen molar-refractivity contribution in [3.05, 3.63) is 94.4 Å². The van der Waals surface area contributed by atoms with E-state index in [9.17, 15) is 4.79 Å². The molecule has 0 radical (unpaired) electrons. The van der Waals surface area contributed by atoms with E-state index in [-0.39, 0.29) is 11.9 Å². The molecule has 0 unspecified atom stereocenters. The van der Waals surface area contributed by atoms with Crippen molar-refractivity contribution in [3.8, 4) is 5.75 Å². The van der Waals surface area contributed by atoms with Gasteiger partial charge in [0.05, 0.1) is 6.04 Å². The normalized spacial score (nSPS) is 11.9. The van der Waals surface area contributed by atoms with E-state index in [1.54, 1.807) is 5.38 Å². The van der Waals surface area contributed by atoms with Crippen LogP contribution in [0.1, 0.15) is 34.0 Å². The molecule has 3 aromatic carbocycles. The van der Waals surface area contributed by atoms with Crippen molar-refractivity contribution in [2.75, 3.05) is 0 Å². The highest BCUT2D eigenvalue weighted by molar-refractivity contribution is 7.09. The fourth-order valence-corrected chi connectivity index (χ4v) is 3.72. The average molecular weight is 388 g/mol. The van der Waals surface area contributed by atoms with Gasteiger partial charge in [-0.05, 0) is 23.9 Å². The van der Waals surface area contributed by atoms with Crippen molar-refractivity contribution < 1.29 is 9.53 Å². The van der Waals surface area contributed by atoms with Crippen molar-refractivity contribution in [1.29, 1.82) is 0 Å². The molecule has 4 nitrogen and oxygen atoms in total. The Labute approximate surface area is 167 Å². The third kappa shape index (κ3) is 4.05. The Morgan fingerprint density at radius 1 is 1.04 bits per heavy atom. The summed E-state index contributed by atoms with van der Waals surface area (Å²) in [6, 6.07) is 23.9. The second-order valence-corrected chi connectivity index (χ2v) is 7.44. The number of rotatable bonds is 6. The van der Waals surface area contributed by atoms with Crippen LogP contribution in [-0.2, 0) is 6.61 Å². The van der Waals surface area contributed by atoms with Gasteiger partial charge in [-0.15, -0.1) is 11.3 Å². The van der Waals surface area contributed by atoms with E-state index >= 15 is 0 Å². The van der Waals surface area contributed by atoms with Gasteiger partial charge < -0.3 is 10.1 Å². The Kier molecular flexibility index (Phi) is 5.35. The summed E-state index contributed by atoms with van der Waals surface area (Å²) in [6.07, 6.45) is 0. The summed E-state index contributed by atoms with van der Waals surface area (Å²) in [5, 5.41) is 7.73. The van der Waals surface area contributed by atoms with E-state index in [2.05, 4.69) is 22.4 Å². The minimum absolute atomic E-state index is 0.0780. The van der Waals surface area contributed by atoms with Crippen LogP contribution in [0, 0.1) is 0 Å². The van der Waals surface area contributed by atoms with E-state index in [1.165, 1.54) is 11.3 Å². The fourth-order valence-electron chi connectivity index (χ4n) is 3.04. The fraction of sp³-hybridized carbons (Fsp3) is 0.130. The van der Waals surface area contributed by atoms with Gasteiger partial charge in [-0.3, -0.25) is 4.79 Å². The number of hydrogen-bond donors (Lipinski definition) is 1. The molecule has 0 spiro atoms. The maximum atomic E-state index is 12.5. The third-order valence-electron chi connectivity index (χ3n) is 4.53. The first-order chi connectivity index (χ1) is 13.7. The molecule has 1 amide bonds. The van der Waals surface area contributed by atoms with E-state index in [0.29, 0.717) is 12.3 Å². The molecule has 1 N–H and O–H groups in total. The van der Waals surface area contributed by atoms with Gasteiger partial charge in [0.15, 0.2) is 0 Å². The first-order valence-corrected chi connectivity index (χ1v) is 9.99. The lowest BCUT2D eigenvalue weighted by molar-refractivity contribution is 0.0935. The maximum absolute atomic E-state index is 12.5. The molecule has 0 bridgehead atoms. The number of hydrogen-bond acceptors (Lipinski definition) is 4. The largest absolute Gasteiger partial charge is 0.486 e. The number of nitrogens with one attached hydrogen (secondary N) is 1. The van der Waals surface area contributed by atoms with Gasteiger partial charge in [0.2, 0.25) is 0 Å². The quantitative estimate of drug-likeness (QED) is 0.483. The number of thiazole rings is 1. The Bertz CT molecular complexity index is 1090. The van der Waals surface area contributed by atoms with Gasteiger partial charge in [-0.2, -0.15) is 0 Å². The lowest BCUT2D eigenvalue weighted by atomic mass is 10.1. The van der Waals surface area contributed by atoms with Crippen molar-refractivity contribution in [2.24, 2.45) is 0 Å². The van der Waals surface area contributed by atoms with Crippen LogP contribution >= 0.6 is 11.3 Å². The number of nitrogens with zero attached hydrogens (tertiary/aromatic N) is 1. The van der Waals surface area contributed by atoms with Gasteiger partial charge in [0.25, 0.3) is 5.91 Å². The summed E-state index contributed by atoms with van der Waals surface area (Å²) >= 11 is 1.43. The van der Waals surface area contributed by atoms with Crippen LogP contribution < -0.4 is 10.1 Å². The van der Waals surface area contributed by atoms with Crippen LogP contribution in [0.25, 0.3) is 10.8 Å². The van der Waals surface area contributed by atoms with Crippen LogP contribution in [0.4, 0.5) is 0 Å². The number of ether oxygens (including phenoxy) is 1. The summed E-state index contributed by atoms with van der Waals surface area (Å²) in [5.74, 6) is 0.640. The summed E-state index contributed by atoms with van der Waals surface area (Å²) < 4.78 is 5.97. The molecule has 0 aliphatic heterocycles. The molecule has 0 fully saturated rings. The van der Waals surface area contributed by atoms with E-state index < -0.39 is 0 Å². The van der Waals surface area contributed by atoms with Crippen molar-refractivity contribution in [1.82, 2.24) is 10.3 Å². The molecular weight excluding hydrogens is 368 g/mol. The Morgan fingerprint density at radius 3 is 2.64 bits per heavy atom. The zero-order chi connectivity index (χ0) is 19.3. The summed E-state index contributed by atoms with van der Waals surface area (Å²) in [5.41, 5.74) is 1.48. The van der Waals surface area contributed by atoms with Crippen molar-refractivity contribution in [3.63, 3.8) is 0 Å². The number of amides is 1. The first-order valence-electron chi connectivity index (χ1n) is 9.11. The second-order valence-electron chi connectivity index (χ2n) is 6.50. The van der Waals surface area contributed by atoms with Gasteiger partial charge >= 0.3 is 0 Å². The highest BCUT2D eigenvalue weighted by Gasteiger charge is 2.15. The lowest BCUT2D eigenvalue weighted by Gasteiger charge is -2.13. The topological polar surface area (TPSA) is 51.2 Å². The van der Waals surface area contributed by atoms with Crippen LogP contribution in [0.5, 0.6) is 5.75 Å². The smallest absolute Gasteiger partial charge is 0.271 e. The van der Waals surface area contributed by atoms with E-state index in [4.69, 9.17) is 4.74 Å². The zero-order valence-corrected chi connectivity index (χ0v) is 16.3. The summed E-state index contributed by atoms with van der Waals surface area (Å²) in [4.78, 5) is 16.9. The van der Waals surface area contributed by atoms with Crippen molar-refractivity contribution in [2.45, 2.75) is 19.6 Å². The molecule has 1 aromatic heterocycles. The van der Waals surface area contributed by atoms with Gasteiger partial charge in [0.1, 0.15) is 23.1 Å². The number of benzene rings is 3. The molecule has 0 saturated carbocycles. The molecule has 0 saturated heterocycles. The minimum Gasteiger partial charge on any atom is -0.486 e. The van der Waals surface area contributed by atoms with E-state index in [0.717, 1.165) is 27.1 Å². The maximum Gasteiger partial charge on any atom is 0.271 e. The number of carbonyl (C=O) groups is 1. The highest BCUT2D eigenvalue weighted by Crippen LogP contribution is 2.26. The molecule has 4 rings (SSSR count). The SMILES string of the molecule is C[C@@H](NC(=O)c1csc(COc2cccc3ccccc23)n1)c1ccccc1. The highest BCUT2D eigenvalue weighted by atomic mass is 32.1. The second kappa shape index (κ2) is 8.23. The minimum atomic E-state index is -0.177. The van der Waals surface area contributed by atoms with Gasteiger partial charge in [0, 0.05) is 10.8 Å². The molecule has 0 aliphatic rings. The number of carbonyl (C=O) groups excluding carboxylic acids is 1. The Balaban J connectivity index is 1.41. The molecule has 0 aliphatic carbocycles. The third-order valence-corrected chi connectivity index (χ3v) is 5.35. The van der Waals surface area contributed by atoms with Gasteiger partial charge in [-0.1, -0.05) is 66.7 Å². The molecule has 5 heteroatoms. The standard InChI is InChI=1S/C23H20N2O2S/c1-16(17-8-3-2-4-9-17)24-23(26)20-15-28-22(25-20)14-27-21-13-7-11-18-10-5-6-12-19(18)21/h2-13,15-16H,14H2,1H3,(H,24,26)/t16-/m1/s1. The Hall–Kier alpha value is -3.18. The van der Waals surface area contributed by atoms with Crippen LogP contribution in [0.3, 0.4) is 0 Å². The molecule has 28 heavy (non-hydrogen) atoms. The van der Waals surface area contributed by atoms with Crippen molar-refractivity contribution >= 4 is 28.0 Å². The summed E-state index contributed by atoms with van der Waals surface area (Å²) in [6.45, 7) is 2.30. The van der Waals surface area contributed by atoms with Crippen LogP contribution in [0.2, 0.25) is 0 Å². The predicted molar refractivity (Wildman–Crippen MR) is 113 cm³/mol. The Morgan fingerprint density at radius 2 is 1.79 bits per heavy atom. The molecule has 4 aromatic rings. The monoisotopic (exact) mass is 388 g/mol. The molecule has 140 valence electrons. The first kappa shape index (κ1) is 18.2. The molecule has 1 heterocycles. The van der Waals surface area contributed by atoms with E-state index in [1.807, 2.05) is 67.6 Å². The number of fused-ring (bicyclic) bond motifs is 1. The average Bonchev–Trinajstić information content (AvgIpc) is 3.22. The number of aromatic nitrogens is 1. The predicted octanol–water partition coefficient (Wildman–Crippen LogP) is 5.37.